The van der Waals surface area contributed by atoms with Gasteiger partial charge in [0.15, 0.2) is 30.6 Å². The van der Waals surface area contributed by atoms with E-state index in [-0.39, 0.29) is 5.56 Å². The summed E-state index contributed by atoms with van der Waals surface area (Å²) in [5.74, 6) is -4.47. The van der Waals surface area contributed by atoms with Crippen molar-refractivity contribution >= 4 is 29.8 Å². The van der Waals surface area contributed by atoms with Gasteiger partial charge in [0.1, 0.15) is 6.61 Å². The topological polar surface area (TPSA) is 196 Å². The summed E-state index contributed by atoms with van der Waals surface area (Å²) >= 11 is 0. The van der Waals surface area contributed by atoms with Gasteiger partial charge in [-0.25, -0.2) is 4.79 Å². The summed E-state index contributed by atoms with van der Waals surface area (Å²) < 4.78 is 32.4. The highest BCUT2D eigenvalue weighted by Gasteiger charge is 2.48. The first-order chi connectivity index (χ1) is 17.2. The number of hydrogen-bond donors (Lipinski definition) is 1. The van der Waals surface area contributed by atoms with Gasteiger partial charge < -0.3 is 28.4 Å². The number of aromatic nitrogens is 2. The summed E-state index contributed by atoms with van der Waals surface area (Å²) in [5, 5.41) is 0. The summed E-state index contributed by atoms with van der Waals surface area (Å²) in [5.41, 5.74) is -1.58. The van der Waals surface area contributed by atoms with Crippen LogP contribution in [-0.2, 0) is 52.4 Å². The van der Waals surface area contributed by atoms with Crippen LogP contribution in [0.3, 0.4) is 0 Å². The molecule has 0 saturated heterocycles. The Kier molecular flexibility index (Phi) is 11.7. The average molecular weight is 530 g/mol. The lowest BCUT2D eigenvalue weighted by molar-refractivity contribution is -0.217. The molecule has 0 radical (unpaired) electrons. The molecule has 37 heavy (non-hydrogen) atoms. The van der Waals surface area contributed by atoms with Gasteiger partial charge in [-0.1, -0.05) is 0 Å². The normalized spacial score (nSPS) is 14.8. The molecule has 206 valence electrons. The number of rotatable bonds is 12. The van der Waals surface area contributed by atoms with Crippen LogP contribution >= 0.6 is 0 Å². The molecule has 5 unspecified atom stereocenters. The van der Waals surface area contributed by atoms with E-state index in [4.69, 9.17) is 28.4 Å². The highest BCUT2D eigenvalue weighted by molar-refractivity contribution is 5.69. The van der Waals surface area contributed by atoms with E-state index in [1.165, 1.54) is 6.92 Å². The molecule has 0 aliphatic carbocycles. The third-order valence-corrected chi connectivity index (χ3v) is 4.63. The minimum Gasteiger partial charge on any atom is -0.462 e. The van der Waals surface area contributed by atoms with Gasteiger partial charge in [0, 0.05) is 53.5 Å². The standard InChI is InChI=1S/C22H30N2O13/c1-10-8-24(22(31)23-20(10)30)21(32-7)19(37-15(6)29)18(36-14(5)28)17(35-13(4)27)16(34-12(3)26)9-33-11(2)25/h8,16-19,21H,9H2,1-7H3,(H,23,30,31). The molecule has 1 aromatic rings. The Morgan fingerprint density at radius 1 is 0.784 bits per heavy atom. The first-order valence-corrected chi connectivity index (χ1v) is 10.8. The van der Waals surface area contributed by atoms with Crippen molar-refractivity contribution < 1.29 is 52.4 Å². The van der Waals surface area contributed by atoms with Gasteiger partial charge in [-0.05, 0) is 6.92 Å². The quantitative estimate of drug-likeness (QED) is 0.263. The lowest BCUT2D eigenvalue weighted by atomic mass is 10.0. The SMILES string of the molecule is COC(C(OC(C)=O)C(OC(C)=O)C(OC(C)=O)C(COC(C)=O)OC(C)=O)n1cc(C)c(=O)[nH]c1=O. The summed E-state index contributed by atoms with van der Waals surface area (Å²) in [7, 11) is 1.13. The number of methoxy groups -OCH3 is 1. The molecule has 0 fully saturated rings. The Hall–Kier alpha value is -4.01. The molecule has 15 nitrogen and oxygen atoms in total. The van der Waals surface area contributed by atoms with Crippen LogP contribution in [0.25, 0.3) is 0 Å². The lowest BCUT2D eigenvalue weighted by Gasteiger charge is -2.38. The van der Waals surface area contributed by atoms with Crippen molar-refractivity contribution in [1.29, 1.82) is 0 Å². The fraction of sp³-hybridized carbons (Fsp3) is 0.591. The number of aromatic amines is 1. The van der Waals surface area contributed by atoms with Crippen molar-refractivity contribution in [2.24, 2.45) is 0 Å². The van der Waals surface area contributed by atoms with E-state index in [1.807, 2.05) is 0 Å². The van der Waals surface area contributed by atoms with Crippen molar-refractivity contribution in [3.63, 3.8) is 0 Å². The van der Waals surface area contributed by atoms with Crippen LogP contribution in [0, 0.1) is 6.92 Å². The van der Waals surface area contributed by atoms with Gasteiger partial charge in [0.05, 0.1) is 0 Å². The van der Waals surface area contributed by atoms with Gasteiger partial charge in [-0.15, -0.1) is 0 Å². The Morgan fingerprint density at radius 2 is 1.27 bits per heavy atom. The minimum absolute atomic E-state index is 0.0800. The summed E-state index contributed by atoms with van der Waals surface area (Å²) in [6.07, 6.45) is -7.25. The van der Waals surface area contributed by atoms with Gasteiger partial charge in [-0.3, -0.25) is 38.3 Å². The maximum atomic E-state index is 12.6. The van der Waals surface area contributed by atoms with E-state index in [2.05, 4.69) is 4.98 Å². The van der Waals surface area contributed by atoms with Crippen LogP contribution in [0.15, 0.2) is 15.8 Å². The smallest absolute Gasteiger partial charge is 0.330 e. The molecule has 0 aliphatic heterocycles. The molecule has 15 heteroatoms. The highest BCUT2D eigenvalue weighted by atomic mass is 16.6. The van der Waals surface area contributed by atoms with E-state index in [9.17, 15) is 33.6 Å². The molecule has 0 amide bonds. The number of carbonyl (C=O) groups is 5. The molecule has 0 spiro atoms. The average Bonchev–Trinajstić information content (AvgIpc) is 2.76. The number of hydrogen-bond acceptors (Lipinski definition) is 13. The zero-order valence-electron chi connectivity index (χ0n) is 21.4. The largest absolute Gasteiger partial charge is 0.462 e. The Balaban J connectivity index is 3.84. The number of H-pyrrole nitrogens is 1. The van der Waals surface area contributed by atoms with Crippen LogP contribution in [0.4, 0.5) is 0 Å². The third kappa shape index (κ3) is 9.51. The number of nitrogens with zero attached hydrogens (tertiary/aromatic N) is 1. The first kappa shape index (κ1) is 31.0. The van der Waals surface area contributed by atoms with E-state index in [0.717, 1.165) is 52.5 Å². The Morgan fingerprint density at radius 3 is 1.73 bits per heavy atom. The van der Waals surface area contributed by atoms with E-state index >= 15 is 0 Å². The lowest BCUT2D eigenvalue weighted by Crippen LogP contribution is -2.56. The first-order valence-electron chi connectivity index (χ1n) is 10.8. The maximum Gasteiger partial charge on any atom is 0.330 e. The van der Waals surface area contributed by atoms with Crippen LogP contribution in [0.1, 0.15) is 46.4 Å². The van der Waals surface area contributed by atoms with Crippen molar-refractivity contribution in [3.05, 3.63) is 32.6 Å². The van der Waals surface area contributed by atoms with Crippen molar-refractivity contribution in [2.45, 2.75) is 72.2 Å². The van der Waals surface area contributed by atoms with Crippen LogP contribution in [-0.4, -0.2) is 77.5 Å². The highest BCUT2D eigenvalue weighted by Crippen LogP contribution is 2.27. The predicted molar refractivity (Wildman–Crippen MR) is 121 cm³/mol. The predicted octanol–water partition coefficient (Wildman–Crippen LogP) is -0.720. The van der Waals surface area contributed by atoms with Gasteiger partial charge in [0.2, 0.25) is 0 Å². The Labute approximate surface area is 210 Å². The molecule has 5 atom stereocenters. The third-order valence-electron chi connectivity index (χ3n) is 4.63. The van der Waals surface area contributed by atoms with E-state index in [0.29, 0.717) is 0 Å². The fourth-order valence-corrected chi connectivity index (χ4v) is 3.33. The van der Waals surface area contributed by atoms with Gasteiger partial charge in [-0.2, -0.15) is 0 Å². The molecular formula is C22H30N2O13. The zero-order chi connectivity index (χ0) is 28.4. The maximum absolute atomic E-state index is 12.6. The number of esters is 5. The molecule has 1 heterocycles. The molecule has 0 bridgehead atoms. The molecule has 1 rings (SSSR count). The molecule has 1 aromatic heterocycles. The molecule has 0 aromatic carbocycles. The summed E-state index contributed by atoms with van der Waals surface area (Å²) in [4.78, 5) is 86.0. The van der Waals surface area contributed by atoms with E-state index in [1.54, 1.807) is 0 Å². The van der Waals surface area contributed by atoms with Gasteiger partial charge in [0.25, 0.3) is 5.56 Å². The monoisotopic (exact) mass is 530 g/mol. The summed E-state index contributed by atoms with van der Waals surface area (Å²) in [6, 6.07) is 0. The second-order valence-electron chi connectivity index (χ2n) is 7.78. The molecule has 1 N–H and O–H groups in total. The van der Waals surface area contributed by atoms with Crippen LogP contribution < -0.4 is 11.2 Å². The van der Waals surface area contributed by atoms with Crippen molar-refractivity contribution in [3.8, 4) is 0 Å². The molecule has 0 saturated carbocycles. The number of ether oxygens (including phenoxy) is 6. The van der Waals surface area contributed by atoms with Gasteiger partial charge >= 0.3 is 35.5 Å². The van der Waals surface area contributed by atoms with Crippen LogP contribution in [0.5, 0.6) is 0 Å². The number of carbonyl (C=O) groups excluding carboxylic acids is 5. The van der Waals surface area contributed by atoms with E-state index < -0.39 is 78.3 Å². The molecular weight excluding hydrogens is 500 g/mol. The van der Waals surface area contributed by atoms with Crippen LogP contribution in [0.2, 0.25) is 0 Å². The van der Waals surface area contributed by atoms with Crippen molar-refractivity contribution in [1.82, 2.24) is 9.55 Å². The number of nitrogens with one attached hydrogen (secondary N) is 1. The summed E-state index contributed by atoms with van der Waals surface area (Å²) in [6.45, 7) is 5.84. The molecule has 0 aliphatic rings. The second kappa shape index (κ2) is 13.9. The second-order valence-corrected chi connectivity index (χ2v) is 7.78. The minimum atomic E-state index is -1.78. The number of aryl methyl sites for hydroxylation is 1. The van der Waals surface area contributed by atoms with Crippen molar-refractivity contribution in [2.75, 3.05) is 13.7 Å². The fourth-order valence-electron chi connectivity index (χ4n) is 3.33. The Bertz CT molecular complexity index is 1120. The zero-order valence-corrected chi connectivity index (χ0v) is 21.4.